The van der Waals surface area contributed by atoms with Crippen LogP contribution in [0.2, 0.25) is 0 Å². The number of allylic oxidation sites excluding steroid dienone is 1. The lowest BCUT2D eigenvalue weighted by Crippen LogP contribution is -2.70. The molecule has 0 saturated heterocycles. The quantitative estimate of drug-likeness (QED) is 0.539. The lowest BCUT2D eigenvalue weighted by atomic mass is 9.85. The molecule has 0 heterocycles. The molecule has 1 atom stereocenters. The van der Waals surface area contributed by atoms with E-state index in [1.165, 1.54) is 0 Å². The first kappa shape index (κ1) is 20.8. The van der Waals surface area contributed by atoms with Crippen LogP contribution in [0, 0.1) is 0 Å². The molecule has 0 spiro atoms. The van der Waals surface area contributed by atoms with Gasteiger partial charge >= 0.3 is 23.9 Å². The van der Waals surface area contributed by atoms with Crippen LogP contribution in [-0.4, -0.2) is 35.5 Å². The van der Waals surface area contributed by atoms with Gasteiger partial charge in [0, 0.05) is 18.4 Å². The molecule has 1 aliphatic carbocycles. The molecule has 0 N–H and O–H groups in total. The van der Waals surface area contributed by atoms with E-state index in [2.05, 4.69) is 0 Å². The summed E-state index contributed by atoms with van der Waals surface area (Å²) in [6.45, 7) is 0. The Kier molecular flexibility index (Phi) is 4.45. The summed E-state index contributed by atoms with van der Waals surface area (Å²) in [6.07, 6.45) is -15.9. The number of alkyl halides is 12. The fourth-order valence-corrected chi connectivity index (χ4v) is 1.99. The zero-order valence-electron chi connectivity index (χ0n) is 10.7. The Morgan fingerprint density at radius 3 is 1.42 bits per heavy atom. The third-order valence-corrected chi connectivity index (χ3v) is 3.38. The standard InChI is InChI=1S/C10H4F14/c11-4(12)3-1-5(13,6(14,15)2-3)7(16,17)8(18,19)9(20,21)10(22,23)24/h1-2H2. The Balaban J connectivity index is 3.55. The smallest absolute Gasteiger partial charge is 0.230 e. The van der Waals surface area contributed by atoms with Gasteiger partial charge in [-0.3, -0.25) is 0 Å². The minimum atomic E-state index is -7.68. The molecule has 0 bridgehead atoms. The van der Waals surface area contributed by atoms with E-state index >= 15 is 0 Å². The zero-order valence-corrected chi connectivity index (χ0v) is 10.7. The molecule has 0 nitrogen and oxygen atoms in total. The number of hydrogen-bond acceptors (Lipinski definition) is 0. The molecule has 14 heteroatoms. The minimum Gasteiger partial charge on any atom is -0.230 e. The lowest BCUT2D eigenvalue weighted by Gasteiger charge is -2.41. The second-order valence-electron chi connectivity index (χ2n) is 4.94. The van der Waals surface area contributed by atoms with Gasteiger partial charge in [-0.1, -0.05) is 0 Å². The van der Waals surface area contributed by atoms with E-state index in [9.17, 15) is 61.5 Å². The van der Waals surface area contributed by atoms with E-state index in [1.54, 1.807) is 0 Å². The normalized spacial score (nSPS) is 26.0. The van der Waals surface area contributed by atoms with Crippen molar-refractivity contribution in [3.8, 4) is 0 Å². The number of rotatable bonds is 3. The van der Waals surface area contributed by atoms with Gasteiger partial charge in [0.1, 0.15) is 0 Å². The average Bonchev–Trinajstić information content (AvgIpc) is 2.60. The van der Waals surface area contributed by atoms with Crippen molar-refractivity contribution >= 4 is 0 Å². The van der Waals surface area contributed by atoms with Crippen LogP contribution in [0.25, 0.3) is 0 Å². The van der Waals surface area contributed by atoms with Crippen molar-refractivity contribution in [1.29, 1.82) is 0 Å². The maximum Gasteiger partial charge on any atom is 0.460 e. The largest absolute Gasteiger partial charge is 0.460 e. The summed E-state index contributed by atoms with van der Waals surface area (Å²) >= 11 is 0. The van der Waals surface area contributed by atoms with Crippen LogP contribution in [0.4, 0.5) is 61.5 Å². The van der Waals surface area contributed by atoms with E-state index < -0.39 is 60.0 Å². The molecule has 1 aliphatic rings. The van der Waals surface area contributed by atoms with Gasteiger partial charge < -0.3 is 0 Å². The molecule has 0 aromatic carbocycles. The van der Waals surface area contributed by atoms with Gasteiger partial charge in [-0.15, -0.1) is 0 Å². The molecular formula is C10H4F14. The highest BCUT2D eigenvalue weighted by Crippen LogP contribution is 2.64. The molecule has 0 aromatic heterocycles. The fourth-order valence-electron chi connectivity index (χ4n) is 1.99. The van der Waals surface area contributed by atoms with Crippen molar-refractivity contribution in [2.45, 2.75) is 48.4 Å². The van der Waals surface area contributed by atoms with E-state index in [1.807, 2.05) is 0 Å². The summed E-state index contributed by atoms with van der Waals surface area (Å²) in [7, 11) is 0. The van der Waals surface area contributed by atoms with Crippen LogP contribution < -0.4 is 0 Å². The van der Waals surface area contributed by atoms with Crippen molar-refractivity contribution in [1.82, 2.24) is 0 Å². The van der Waals surface area contributed by atoms with Crippen molar-refractivity contribution in [3.63, 3.8) is 0 Å². The first-order valence-corrected chi connectivity index (χ1v) is 5.56. The third-order valence-electron chi connectivity index (χ3n) is 3.38. The lowest BCUT2D eigenvalue weighted by molar-refractivity contribution is -0.420. The van der Waals surface area contributed by atoms with Crippen molar-refractivity contribution < 1.29 is 61.5 Å². The van der Waals surface area contributed by atoms with Crippen molar-refractivity contribution in [2.24, 2.45) is 0 Å². The Morgan fingerprint density at radius 1 is 0.708 bits per heavy atom. The van der Waals surface area contributed by atoms with Crippen LogP contribution in [-0.2, 0) is 0 Å². The third kappa shape index (κ3) is 2.43. The van der Waals surface area contributed by atoms with Crippen LogP contribution in [0.1, 0.15) is 12.8 Å². The van der Waals surface area contributed by atoms with E-state index in [4.69, 9.17) is 0 Å². The summed E-state index contributed by atoms with van der Waals surface area (Å²) in [5, 5.41) is 0. The van der Waals surface area contributed by atoms with Gasteiger partial charge in [0.15, 0.2) is 0 Å². The van der Waals surface area contributed by atoms with Crippen LogP contribution in [0.3, 0.4) is 0 Å². The summed E-state index contributed by atoms with van der Waals surface area (Å²) < 4.78 is 178. The molecule has 0 radical (unpaired) electrons. The maximum absolute atomic E-state index is 13.8. The van der Waals surface area contributed by atoms with Crippen LogP contribution in [0.5, 0.6) is 0 Å². The molecule has 0 aromatic rings. The molecule has 1 rings (SSSR count). The van der Waals surface area contributed by atoms with Gasteiger partial charge in [-0.2, -0.15) is 48.3 Å². The summed E-state index contributed by atoms with van der Waals surface area (Å²) in [5.41, 5.74) is -8.19. The topological polar surface area (TPSA) is 0 Å². The van der Waals surface area contributed by atoms with Gasteiger partial charge in [-0.05, 0) is 0 Å². The number of hydrogen-bond donors (Lipinski definition) is 0. The zero-order chi connectivity index (χ0) is 19.6. The average molecular weight is 390 g/mol. The summed E-state index contributed by atoms with van der Waals surface area (Å²) in [5.74, 6) is -28.4. The maximum atomic E-state index is 13.8. The van der Waals surface area contributed by atoms with E-state index in [-0.39, 0.29) is 0 Å². The Labute approximate surface area is 123 Å². The molecule has 142 valence electrons. The van der Waals surface area contributed by atoms with Gasteiger partial charge in [-0.25, -0.2) is 13.2 Å². The van der Waals surface area contributed by atoms with Crippen molar-refractivity contribution in [3.05, 3.63) is 11.7 Å². The highest BCUT2D eigenvalue weighted by atomic mass is 19.4. The van der Waals surface area contributed by atoms with E-state index in [0.29, 0.717) is 0 Å². The SMILES string of the molecule is FC(F)=C1CC(F)(F)C(F)(C(F)(F)C(F)(F)C(F)(F)C(F)(F)F)C1. The second-order valence-corrected chi connectivity index (χ2v) is 4.94. The van der Waals surface area contributed by atoms with Gasteiger partial charge in [0.2, 0.25) is 5.67 Å². The Morgan fingerprint density at radius 2 is 1.12 bits per heavy atom. The summed E-state index contributed by atoms with van der Waals surface area (Å²) in [4.78, 5) is 0. The van der Waals surface area contributed by atoms with Crippen LogP contribution in [0.15, 0.2) is 11.7 Å². The van der Waals surface area contributed by atoms with Crippen molar-refractivity contribution in [2.75, 3.05) is 0 Å². The summed E-state index contributed by atoms with van der Waals surface area (Å²) in [6, 6.07) is 0. The fraction of sp³-hybridized carbons (Fsp3) is 0.800. The molecule has 1 unspecified atom stereocenters. The monoisotopic (exact) mass is 390 g/mol. The highest BCUT2D eigenvalue weighted by Gasteiger charge is 2.90. The van der Waals surface area contributed by atoms with E-state index in [0.717, 1.165) is 0 Å². The predicted molar refractivity (Wildman–Crippen MR) is 48.2 cm³/mol. The molecule has 0 aliphatic heterocycles. The Bertz CT molecular complexity index is 536. The Hall–Kier alpha value is -1.24. The van der Waals surface area contributed by atoms with Crippen LogP contribution >= 0.6 is 0 Å². The molecule has 0 amide bonds. The second kappa shape index (κ2) is 5.13. The highest BCUT2D eigenvalue weighted by molar-refractivity contribution is 5.28. The molecule has 1 saturated carbocycles. The first-order valence-electron chi connectivity index (χ1n) is 5.56. The molecule has 24 heavy (non-hydrogen) atoms. The first-order chi connectivity index (χ1) is 10.3. The van der Waals surface area contributed by atoms with Gasteiger partial charge in [0.25, 0.3) is 12.0 Å². The van der Waals surface area contributed by atoms with Gasteiger partial charge in [0.05, 0.1) is 0 Å². The minimum absolute atomic E-state index is 2.10. The molecular weight excluding hydrogens is 386 g/mol. The predicted octanol–water partition coefficient (Wildman–Crippen LogP) is 5.74. The molecule has 1 fully saturated rings. The number of halogens is 14.